The Balaban J connectivity index is 1.20. The lowest BCUT2D eigenvalue weighted by atomic mass is 10.2. The second-order valence-corrected chi connectivity index (χ2v) is 10.9. The van der Waals surface area contributed by atoms with E-state index in [-0.39, 0.29) is 35.9 Å². The summed E-state index contributed by atoms with van der Waals surface area (Å²) in [6, 6.07) is 9.28. The largest absolute Gasteiger partial charge is 0.491 e. The summed E-state index contributed by atoms with van der Waals surface area (Å²) in [4.78, 5) is 30.8. The molecule has 0 saturated carbocycles. The van der Waals surface area contributed by atoms with E-state index in [2.05, 4.69) is 5.32 Å². The zero-order valence-corrected chi connectivity index (χ0v) is 30.9. The molecule has 0 heterocycles. The fraction of sp³-hybridized carbons (Fsp3) is 0.647. The van der Waals surface area contributed by atoms with Crippen molar-refractivity contribution in [2.45, 2.75) is 0 Å². The molecule has 0 aliphatic heterocycles. The van der Waals surface area contributed by atoms with E-state index < -0.39 is 14.8 Å². The molecular weight excluding hydrogens is 736 g/mol. The summed E-state index contributed by atoms with van der Waals surface area (Å²) in [7, 11) is 0. The highest BCUT2D eigenvalue weighted by atomic mass is 16.6. The third-order valence-corrected chi connectivity index (χ3v) is 6.84. The number of benzene rings is 2. The third-order valence-electron chi connectivity index (χ3n) is 6.84. The van der Waals surface area contributed by atoms with Crippen LogP contribution >= 0.6 is 0 Å². The van der Waals surface area contributed by atoms with Crippen molar-refractivity contribution in [1.82, 2.24) is 0 Å². The number of nitrogens with one attached hydrogen (secondary N) is 1. The van der Waals surface area contributed by atoms with Crippen molar-refractivity contribution in [3.05, 3.63) is 72.8 Å². The molecule has 310 valence electrons. The first kappa shape index (κ1) is 47.0. The van der Waals surface area contributed by atoms with E-state index in [4.69, 9.17) is 52.1 Å². The van der Waals surface area contributed by atoms with Gasteiger partial charge >= 0.3 is 0 Å². The van der Waals surface area contributed by atoms with Gasteiger partial charge in [0, 0.05) is 24.7 Å². The SMILES string of the molecule is O=[N+]([O-])c1ccc(OCCOCCOCCOCCOCCOCCOCCOCCOCCOCCOCCNc2ccc([N+](=O)[O-])cc2[N+](=O)[O-])cc1. The predicted molar refractivity (Wildman–Crippen MR) is 195 cm³/mol. The zero-order valence-electron chi connectivity index (χ0n) is 30.9. The molecule has 55 heavy (non-hydrogen) atoms. The Morgan fingerprint density at radius 1 is 0.400 bits per heavy atom. The number of hydrogen-bond acceptors (Lipinski definition) is 18. The van der Waals surface area contributed by atoms with Crippen LogP contribution in [0.3, 0.4) is 0 Å². The number of nitro benzene ring substituents is 3. The smallest absolute Gasteiger partial charge is 0.299 e. The number of anilines is 1. The average molecular weight is 789 g/mol. The van der Waals surface area contributed by atoms with Crippen LogP contribution in [-0.2, 0) is 47.4 Å². The Labute approximate surface area is 318 Å². The highest BCUT2D eigenvalue weighted by molar-refractivity contribution is 5.65. The standard InChI is InChI=1S/C34H52N4O17/c39-36(40)30-1-4-32(5-2-30)55-28-27-54-26-25-53-24-23-52-22-21-51-20-19-50-18-17-49-16-15-48-14-13-47-12-11-46-10-9-45-8-7-35-33-6-3-31(37(41)42)29-34(33)38(43)44/h1-6,29,35H,7-28H2. The van der Waals surface area contributed by atoms with E-state index >= 15 is 0 Å². The predicted octanol–water partition coefficient (Wildman–Crippen LogP) is 3.07. The van der Waals surface area contributed by atoms with E-state index in [1.807, 2.05) is 0 Å². The molecular formula is C34H52N4O17. The summed E-state index contributed by atoms with van der Waals surface area (Å²) < 4.78 is 59.9. The summed E-state index contributed by atoms with van der Waals surface area (Å²) in [5.74, 6) is 0.543. The lowest BCUT2D eigenvalue weighted by molar-refractivity contribution is -0.393. The summed E-state index contributed by atoms with van der Waals surface area (Å²) in [6.45, 7) is 8.91. The summed E-state index contributed by atoms with van der Waals surface area (Å²) in [6.07, 6.45) is 0. The topological polar surface area (TPSA) is 243 Å². The molecule has 0 bridgehead atoms. The van der Waals surface area contributed by atoms with Crippen molar-refractivity contribution in [1.29, 1.82) is 0 Å². The molecule has 21 nitrogen and oxygen atoms in total. The number of non-ortho nitro benzene ring substituents is 2. The first-order chi connectivity index (χ1) is 26.9. The van der Waals surface area contributed by atoms with Gasteiger partial charge in [-0.05, 0) is 18.2 Å². The van der Waals surface area contributed by atoms with E-state index in [0.29, 0.717) is 138 Å². The van der Waals surface area contributed by atoms with Gasteiger partial charge in [-0.1, -0.05) is 0 Å². The summed E-state index contributed by atoms with van der Waals surface area (Å²) in [5, 5.41) is 35.5. The molecule has 0 radical (unpaired) electrons. The zero-order chi connectivity index (χ0) is 39.6. The second-order valence-electron chi connectivity index (χ2n) is 10.9. The maximum absolute atomic E-state index is 11.2. The fourth-order valence-electron chi connectivity index (χ4n) is 4.16. The minimum Gasteiger partial charge on any atom is -0.491 e. The first-order valence-corrected chi connectivity index (χ1v) is 17.7. The van der Waals surface area contributed by atoms with Crippen LogP contribution in [0.4, 0.5) is 22.7 Å². The number of hydrogen-bond donors (Lipinski definition) is 1. The van der Waals surface area contributed by atoms with Gasteiger partial charge in [0.05, 0.1) is 153 Å². The fourth-order valence-corrected chi connectivity index (χ4v) is 4.16. The van der Waals surface area contributed by atoms with Crippen LogP contribution in [0.25, 0.3) is 0 Å². The maximum Gasteiger partial charge on any atom is 0.299 e. The Hall–Kier alpha value is -4.16. The molecule has 1 N–H and O–H groups in total. The molecule has 0 aromatic heterocycles. The molecule has 21 heteroatoms. The van der Waals surface area contributed by atoms with Crippen LogP contribution in [0.5, 0.6) is 5.75 Å². The minimum absolute atomic E-state index is 0.0141. The Bertz CT molecular complexity index is 1310. The van der Waals surface area contributed by atoms with Gasteiger partial charge in [0.15, 0.2) is 0 Å². The number of nitro groups is 3. The van der Waals surface area contributed by atoms with Crippen LogP contribution < -0.4 is 10.1 Å². The molecule has 0 aliphatic carbocycles. The van der Waals surface area contributed by atoms with Gasteiger partial charge in [0.1, 0.15) is 18.0 Å². The van der Waals surface area contributed by atoms with E-state index in [0.717, 1.165) is 6.07 Å². The van der Waals surface area contributed by atoms with E-state index in [1.165, 1.54) is 24.3 Å². The Morgan fingerprint density at radius 2 is 0.727 bits per heavy atom. The van der Waals surface area contributed by atoms with Crippen molar-refractivity contribution >= 4 is 22.7 Å². The van der Waals surface area contributed by atoms with Gasteiger partial charge < -0.3 is 57.4 Å². The Kier molecular flexibility index (Phi) is 27.4. The minimum atomic E-state index is -0.686. The average Bonchev–Trinajstić information content (AvgIpc) is 3.18. The van der Waals surface area contributed by atoms with Crippen molar-refractivity contribution in [3.8, 4) is 5.75 Å². The van der Waals surface area contributed by atoms with Gasteiger partial charge in [0.25, 0.3) is 17.1 Å². The normalized spacial score (nSPS) is 11.1. The van der Waals surface area contributed by atoms with Crippen molar-refractivity contribution in [3.63, 3.8) is 0 Å². The van der Waals surface area contributed by atoms with Gasteiger partial charge in [-0.2, -0.15) is 0 Å². The van der Waals surface area contributed by atoms with Crippen LogP contribution in [-0.4, -0.2) is 160 Å². The van der Waals surface area contributed by atoms with Gasteiger partial charge in [0.2, 0.25) is 0 Å². The molecule has 2 rings (SSSR count). The van der Waals surface area contributed by atoms with Crippen LogP contribution in [0.1, 0.15) is 0 Å². The summed E-state index contributed by atoms with van der Waals surface area (Å²) in [5.41, 5.74) is -0.531. The highest BCUT2D eigenvalue weighted by Gasteiger charge is 2.19. The van der Waals surface area contributed by atoms with Crippen molar-refractivity contribution in [2.24, 2.45) is 0 Å². The van der Waals surface area contributed by atoms with Gasteiger partial charge in [-0.3, -0.25) is 30.3 Å². The lowest BCUT2D eigenvalue weighted by Crippen LogP contribution is -2.16. The summed E-state index contributed by atoms with van der Waals surface area (Å²) >= 11 is 0. The molecule has 0 unspecified atom stereocenters. The molecule has 0 aliphatic rings. The lowest BCUT2D eigenvalue weighted by Gasteiger charge is -2.09. The van der Waals surface area contributed by atoms with Gasteiger partial charge in [-0.15, -0.1) is 0 Å². The second kappa shape index (κ2) is 32.1. The van der Waals surface area contributed by atoms with Crippen molar-refractivity contribution < 1.29 is 66.9 Å². The third kappa shape index (κ3) is 24.8. The van der Waals surface area contributed by atoms with Gasteiger partial charge in [-0.25, -0.2) is 0 Å². The van der Waals surface area contributed by atoms with Crippen molar-refractivity contribution in [2.75, 3.05) is 151 Å². The number of nitrogens with zero attached hydrogens (tertiary/aromatic N) is 3. The molecule has 2 aromatic rings. The number of rotatable bonds is 38. The molecule has 0 spiro atoms. The highest BCUT2D eigenvalue weighted by Crippen LogP contribution is 2.28. The van der Waals surface area contributed by atoms with E-state index in [9.17, 15) is 30.3 Å². The van der Waals surface area contributed by atoms with E-state index in [1.54, 1.807) is 12.1 Å². The molecule has 0 fully saturated rings. The van der Waals surface area contributed by atoms with Crippen LogP contribution in [0.2, 0.25) is 0 Å². The number of ether oxygens (including phenoxy) is 11. The molecule has 0 saturated heterocycles. The van der Waals surface area contributed by atoms with Crippen LogP contribution in [0, 0.1) is 30.3 Å². The molecule has 2 aromatic carbocycles. The Morgan fingerprint density at radius 3 is 1.07 bits per heavy atom. The molecule has 0 amide bonds. The molecule has 0 atom stereocenters. The van der Waals surface area contributed by atoms with Crippen LogP contribution in [0.15, 0.2) is 42.5 Å². The quantitative estimate of drug-likeness (QED) is 0.0584. The first-order valence-electron chi connectivity index (χ1n) is 17.7. The maximum atomic E-state index is 11.2. The monoisotopic (exact) mass is 788 g/mol.